The predicted molar refractivity (Wildman–Crippen MR) is 502 cm³/mol. The molecule has 0 aliphatic carbocycles. The lowest BCUT2D eigenvalue weighted by Crippen LogP contribution is -2.32. The van der Waals surface area contributed by atoms with E-state index in [1.807, 2.05) is 170 Å². The number of aromatic nitrogens is 8. The number of hydrogen-bond donors (Lipinski definition) is 10. The van der Waals surface area contributed by atoms with Gasteiger partial charge < -0.3 is 77.7 Å². The lowest BCUT2D eigenvalue weighted by Gasteiger charge is -2.34. The SMILES string of the molecule is C[C@]1(c2cccc(O)c2)c2ccc([nH]2)[C@@](C)(c2cccc(O)c2)c2ccc([nH]2)[C@@]2(C)c3cccc(c3)OP(=O)(c3ccccc3)Oc3cccc(c3)[C@@](C)(c3ccc1[nH]3)c1ccc2[nH]1.C[C@]12c3cccc(c3)OCOc3cccc(c3)[C@](C)(c3ccc1[nH]3)c1ccc([nH]1)[C@@]1(C)c3cccc(c3)OP(=O)(c3ccccc3)Oc3cccc(c3)[C@@](C)(c3ccc2[nH]3)c2ccc1[nH]2. The second-order valence-corrected chi connectivity index (χ2v) is 39.7. The number of phenols is 2. The average molecular weight is 1740 g/mol. The summed E-state index contributed by atoms with van der Waals surface area (Å²) in [6.07, 6.45) is 0. The van der Waals surface area contributed by atoms with Gasteiger partial charge in [0.25, 0.3) is 0 Å². The third-order valence-corrected chi connectivity index (χ3v) is 32.6. The number of aromatic hydroxyl groups is 2. The van der Waals surface area contributed by atoms with E-state index < -0.39 is 58.5 Å². The summed E-state index contributed by atoms with van der Waals surface area (Å²) in [5.74, 6) is 3.35. The Labute approximate surface area is 746 Å². The fourth-order valence-corrected chi connectivity index (χ4v) is 23.7. The second kappa shape index (κ2) is 29.4. The molecular weight excluding hydrogens is 1640 g/mol. The van der Waals surface area contributed by atoms with Gasteiger partial charge in [-0.25, -0.2) is 9.13 Å². The number of aromatic amines is 8. The van der Waals surface area contributed by atoms with Gasteiger partial charge in [0.1, 0.15) is 46.0 Å². The van der Waals surface area contributed by atoms with Gasteiger partial charge in [-0.1, -0.05) is 133 Å². The van der Waals surface area contributed by atoms with Gasteiger partial charge >= 0.3 is 15.2 Å². The molecule has 10 aromatic carbocycles. The number of phenolic OH excluding ortho intramolecular Hbond substituents is 2. The third kappa shape index (κ3) is 12.5. The molecular formula is C109H94N8O10P2. The standard InChI is InChI=1S/C55H47N4O5P.C54H47N4O5P/c1-52-35-12-8-16-39(30-35)61-34-62-40-17-9-13-36(31-40)53(2,45-23-22-44(52)56-45)47-25-27-49(58-47)55(4)38-15-11-19-42(33-38)64-65(60,43-20-6-5-7-21-43)63-41-18-10-14-37(32-41)54(3,48-26-24-46(52)57-48)50-28-29-51(55)59-50;1-51(34-12-8-16-38(59)30-34)43-22-23-44(55-43)52(2,35-13-9-17-39(60)31-35)46-25-27-48(57-46)54(4)37-15-11-19-41(33-37)63-64(61,42-20-6-5-7-21-42)62-40-18-10-14-36(32-40)53(3,47-26-24-45(51)56-47)49-28-29-50(54)58-49/h5-33,56-59H,34H2,1-4H3;5-33,55-60H,1-4H3/t52-,53+,54-,55+,65?;51-,52+,53-,54+,64?. The maximum Gasteiger partial charge on any atom is 0.462 e. The Hall–Kier alpha value is -14.7. The van der Waals surface area contributed by atoms with Crippen molar-refractivity contribution in [2.24, 2.45) is 0 Å². The molecule has 8 aromatic heterocycles. The highest BCUT2D eigenvalue weighted by molar-refractivity contribution is 7.63. The summed E-state index contributed by atoms with van der Waals surface area (Å²) < 4.78 is 69.8. The van der Waals surface area contributed by atoms with Crippen molar-refractivity contribution < 1.29 is 46.9 Å². The minimum absolute atomic E-state index is 0.0452. The summed E-state index contributed by atoms with van der Waals surface area (Å²) in [6.45, 7) is 17.7. The Bertz CT molecular complexity index is 7130. The molecule has 640 valence electrons. The number of benzene rings is 10. The largest absolute Gasteiger partial charge is 0.508 e. The van der Waals surface area contributed by atoms with Crippen LogP contribution in [0.2, 0.25) is 0 Å². The minimum Gasteiger partial charge on any atom is -0.508 e. The Morgan fingerprint density at radius 1 is 0.209 bits per heavy atom. The van der Waals surface area contributed by atoms with E-state index in [1.54, 1.807) is 36.4 Å². The van der Waals surface area contributed by atoms with Crippen LogP contribution in [-0.2, 0) is 52.5 Å². The molecule has 18 aromatic rings. The molecule has 20 heteroatoms. The first kappa shape index (κ1) is 80.2. The molecule has 10 atom stereocenters. The third-order valence-electron chi connectivity index (χ3n) is 28.9. The number of ether oxygens (including phenoxy) is 2. The van der Waals surface area contributed by atoms with Crippen LogP contribution < -0.4 is 38.2 Å². The van der Waals surface area contributed by atoms with Crippen LogP contribution in [0.4, 0.5) is 0 Å². The molecule has 5 aliphatic rings. The molecule has 2 unspecified atom stereocenters. The van der Waals surface area contributed by atoms with Crippen LogP contribution >= 0.6 is 15.2 Å². The van der Waals surface area contributed by atoms with E-state index >= 15 is 9.13 Å². The minimum atomic E-state index is -4.05. The monoisotopic (exact) mass is 1740 g/mol. The molecule has 13 heterocycles. The van der Waals surface area contributed by atoms with Crippen molar-refractivity contribution in [2.75, 3.05) is 6.79 Å². The van der Waals surface area contributed by atoms with Gasteiger partial charge in [0.05, 0.1) is 53.9 Å². The Kier molecular flexibility index (Phi) is 18.3. The number of nitrogens with one attached hydrogen (secondary N) is 8. The summed E-state index contributed by atoms with van der Waals surface area (Å²) in [5, 5.41) is 22.8. The van der Waals surface area contributed by atoms with Crippen molar-refractivity contribution in [3.05, 3.63) is 487 Å². The van der Waals surface area contributed by atoms with E-state index in [0.29, 0.717) is 45.1 Å². The molecule has 0 saturated heterocycles. The predicted octanol–water partition coefficient (Wildman–Crippen LogP) is 23.2. The fraction of sp³-hybridized carbons (Fsp3) is 0.156. The van der Waals surface area contributed by atoms with Crippen LogP contribution in [-0.4, -0.2) is 56.9 Å². The highest BCUT2D eigenvalue weighted by Gasteiger charge is 2.49. The van der Waals surface area contributed by atoms with E-state index in [1.165, 1.54) is 0 Å². The van der Waals surface area contributed by atoms with Crippen LogP contribution in [0.1, 0.15) is 191 Å². The van der Waals surface area contributed by atoms with Gasteiger partial charge in [-0.3, -0.25) is 0 Å². The molecule has 18 nitrogen and oxygen atoms in total. The summed E-state index contributed by atoms with van der Waals surface area (Å²) in [4.78, 5) is 31.7. The maximum absolute atomic E-state index is 15.4. The van der Waals surface area contributed by atoms with Crippen LogP contribution in [0.15, 0.2) is 352 Å². The lowest BCUT2D eigenvalue weighted by atomic mass is 9.76. The van der Waals surface area contributed by atoms with E-state index in [9.17, 15) is 10.2 Å². The molecule has 23 rings (SSSR count). The van der Waals surface area contributed by atoms with Crippen molar-refractivity contribution in [3.63, 3.8) is 0 Å². The van der Waals surface area contributed by atoms with Crippen LogP contribution in [0, 0.1) is 0 Å². The van der Waals surface area contributed by atoms with Crippen LogP contribution in [0.25, 0.3) is 0 Å². The highest BCUT2D eigenvalue weighted by Crippen LogP contribution is 2.57. The van der Waals surface area contributed by atoms with E-state index in [0.717, 1.165) is 136 Å². The Balaban J connectivity index is 0.000000152. The molecule has 0 radical (unpaired) electrons. The molecule has 0 saturated carbocycles. The van der Waals surface area contributed by atoms with E-state index in [2.05, 4.69) is 241 Å². The van der Waals surface area contributed by atoms with Crippen molar-refractivity contribution in [1.82, 2.24) is 39.9 Å². The topological polar surface area (TPSA) is 256 Å². The van der Waals surface area contributed by atoms with Crippen molar-refractivity contribution in [2.45, 2.75) is 98.7 Å². The zero-order chi connectivity index (χ0) is 88.2. The lowest BCUT2D eigenvalue weighted by molar-refractivity contribution is 0.119. The zero-order valence-electron chi connectivity index (χ0n) is 72.2. The summed E-state index contributed by atoms with van der Waals surface area (Å²) in [5.41, 5.74) is 15.9. The molecule has 129 heavy (non-hydrogen) atoms. The normalized spacial score (nSPS) is 24.9. The first-order valence-electron chi connectivity index (χ1n) is 43.5. The maximum atomic E-state index is 15.4. The highest BCUT2D eigenvalue weighted by atomic mass is 31.2. The summed E-state index contributed by atoms with van der Waals surface area (Å²) >= 11 is 0. The summed E-state index contributed by atoms with van der Waals surface area (Å²) in [7, 11) is -8.07. The van der Waals surface area contributed by atoms with E-state index in [-0.39, 0.29) is 18.3 Å². The Morgan fingerprint density at radius 2 is 0.380 bits per heavy atom. The quantitative estimate of drug-likeness (QED) is 0.0746. The molecule has 0 spiro atoms. The number of hydrogen-bond acceptors (Lipinski definition) is 10. The summed E-state index contributed by atoms with van der Waals surface area (Å²) in [6, 6.07) is 116. The van der Waals surface area contributed by atoms with Gasteiger partial charge in [0.15, 0.2) is 0 Å². The number of H-pyrrole nitrogens is 8. The van der Waals surface area contributed by atoms with Gasteiger partial charge in [-0.15, -0.1) is 0 Å². The van der Waals surface area contributed by atoms with Crippen LogP contribution in [0.3, 0.4) is 0 Å². The fourth-order valence-electron chi connectivity index (χ4n) is 20.5. The van der Waals surface area contributed by atoms with Gasteiger partial charge in [0, 0.05) is 91.1 Å². The Morgan fingerprint density at radius 3 is 0.574 bits per heavy atom. The van der Waals surface area contributed by atoms with Gasteiger partial charge in [0.2, 0.25) is 6.79 Å². The number of rotatable bonds is 4. The van der Waals surface area contributed by atoms with Crippen molar-refractivity contribution >= 4 is 25.8 Å². The molecule has 10 N–H and O–H groups in total. The van der Waals surface area contributed by atoms with E-state index in [4.69, 9.17) is 27.6 Å². The molecule has 0 fully saturated rings. The molecule has 5 aliphatic heterocycles. The second-order valence-electron chi connectivity index (χ2n) is 36.0. The van der Waals surface area contributed by atoms with Crippen molar-refractivity contribution in [3.8, 4) is 46.0 Å². The molecule has 34 bridgehead atoms. The smallest absolute Gasteiger partial charge is 0.462 e. The first-order chi connectivity index (χ1) is 62.3. The zero-order valence-corrected chi connectivity index (χ0v) is 74.0. The molecule has 0 amide bonds. The first-order valence-corrected chi connectivity index (χ1v) is 46.6. The van der Waals surface area contributed by atoms with Gasteiger partial charge in [-0.05, 0) is 318 Å². The van der Waals surface area contributed by atoms with Gasteiger partial charge in [-0.2, -0.15) is 0 Å². The van der Waals surface area contributed by atoms with Crippen molar-refractivity contribution in [1.29, 1.82) is 0 Å². The average Bonchev–Trinajstić information content (AvgIpc) is 1.57. The van der Waals surface area contributed by atoms with Crippen LogP contribution in [0.5, 0.6) is 46.0 Å². The number of fused-ring (bicyclic) bond motifs is 34.